The van der Waals surface area contributed by atoms with E-state index in [0.29, 0.717) is 18.1 Å². The number of piperazine rings is 1. The van der Waals surface area contributed by atoms with Crippen LogP contribution in [0.4, 0.5) is 5.69 Å². The average Bonchev–Trinajstić information content (AvgIpc) is 2.97. The smallest absolute Gasteiger partial charge is 0.254 e. The Morgan fingerprint density at radius 2 is 1.73 bits per heavy atom. The zero-order valence-electron chi connectivity index (χ0n) is 21.5. The summed E-state index contributed by atoms with van der Waals surface area (Å²) in [5.41, 5.74) is 2.65. The standard InChI is InChI=1S/C28H36N6O3/c1-36-26-7-5-22(6-8-26)24-20-29-28(30-21-24)31-25-4-2-3-23(19-25)27(35)34-13-11-32(12-14-34)9-10-33-15-17-37-18-16-33/h2-8,19-20,24H,9-18,21H2,1H3,(H,30,31). The number of ether oxygens (including phenoxy) is 2. The predicted octanol–water partition coefficient (Wildman–Crippen LogP) is 2.42. The van der Waals surface area contributed by atoms with E-state index in [1.54, 1.807) is 7.11 Å². The average molecular weight is 505 g/mol. The van der Waals surface area contributed by atoms with Crippen molar-refractivity contribution in [1.29, 1.82) is 0 Å². The number of benzene rings is 2. The third-order valence-electron chi connectivity index (χ3n) is 7.22. The number of nitrogens with zero attached hydrogens (tertiary/aromatic N) is 5. The molecule has 3 heterocycles. The molecular weight excluding hydrogens is 468 g/mol. The molecule has 9 nitrogen and oxygen atoms in total. The van der Waals surface area contributed by atoms with E-state index in [-0.39, 0.29) is 11.8 Å². The second-order valence-electron chi connectivity index (χ2n) is 9.62. The minimum Gasteiger partial charge on any atom is -0.497 e. The first kappa shape index (κ1) is 25.4. The van der Waals surface area contributed by atoms with Crippen LogP contribution in [0, 0.1) is 0 Å². The number of methoxy groups -OCH3 is 1. The van der Waals surface area contributed by atoms with Crippen LogP contribution in [-0.2, 0) is 4.74 Å². The van der Waals surface area contributed by atoms with Gasteiger partial charge in [0.05, 0.1) is 26.9 Å². The fourth-order valence-electron chi connectivity index (χ4n) is 4.87. The zero-order valence-corrected chi connectivity index (χ0v) is 21.5. The fourth-order valence-corrected chi connectivity index (χ4v) is 4.87. The lowest BCUT2D eigenvalue weighted by molar-refractivity contribution is 0.0293. The number of guanidine groups is 1. The molecule has 37 heavy (non-hydrogen) atoms. The summed E-state index contributed by atoms with van der Waals surface area (Å²) in [6.07, 6.45) is 1.92. The quantitative estimate of drug-likeness (QED) is 0.624. The largest absolute Gasteiger partial charge is 0.497 e. The van der Waals surface area contributed by atoms with Gasteiger partial charge in [0, 0.05) is 75.7 Å². The molecule has 0 aromatic heterocycles. The van der Waals surface area contributed by atoms with Gasteiger partial charge in [0.25, 0.3) is 5.91 Å². The third kappa shape index (κ3) is 6.74. The Morgan fingerprint density at radius 1 is 1.00 bits per heavy atom. The van der Waals surface area contributed by atoms with Crippen LogP contribution in [0.1, 0.15) is 21.8 Å². The first-order chi connectivity index (χ1) is 18.2. The van der Waals surface area contributed by atoms with Gasteiger partial charge in [-0.25, -0.2) is 4.99 Å². The highest BCUT2D eigenvalue weighted by atomic mass is 16.5. The molecule has 1 amide bonds. The molecule has 3 aliphatic rings. The van der Waals surface area contributed by atoms with Crippen molar-refractivity contribution in [2.75, 3.05) is 84.5 Å². The van der Waals surface area contributed by atoms with Gasteiger partial charge in [-0.3, -0.25) is 19.6 Å². The van der Waals surface area contributed by atoms with E-state index in [4.69, 9.17) is 9.47 Å². The number of rotatable bonds is 7. The fraction of sp³-hybridized carbons (Fsp3) is 0.464. The van der Waals surface area contributed by atoms with Gasteiger partial charge in [-0.1, -0.05) is 18.2 Å². The Hall–Kier alpha value is -3.27. The molecule has 2 saturated heterocycles. The van der Waals surface area contributed by atoms with Gasteiger partial charge in [-0.2, -0.15) is 0 Å². The Kier molecular flexibility index (Phi) is 8.45. The molecule has 196 valence electrons. The van der Waals surface area contributed by atoms with E-state index in [1.807, 2.05) is 59.6 Å². The molecule has 1 unspecified atom stereocenters. The van der Waals surface area contributed by atoms with Crippen molar-refractivity contribution in [2.45, 2.75) is 5.92 Å². The summed E-state index contributed by atoms with van der Waals surface area (Å²) >= 11 is 0. The van der Waals surface area contributed by atoms with Crippen molar-refractivity contribution >= 4 is 23.8 Å². The van der Waals surface area contributed by atoms with Crippen LogP contribution in [0.15, 0.2) is 58.5 Å². The lowest BCUT2D eigenvalue weighted by Crippen LogP contribution is -2.51. The highest BCUT2D eigenvalue weighted by molar-refractivity contribution is 6.02. The van der Waals surface area contributed by atoms with Gasteiger partial charge in [0.15, 0.2) is 0 Å². The number of aliphatic imine (C=N–C) groups is 2. The number of carbonyl (C=O) groups is 1. The van der Waals surface area contributed by atoms with E-state index >= 15 is 0 Å². The van der Waals surface area contributed by atoms with Gasteiger partial charge in [-0.15, -0.1) is 0 Å². The molecule has 3 aliphatic heterocycles. The van der Waals surface area contributed by atoms with E-state index in [0.717, 1.165) is 82.6 Å². The van der Waals surface area contributed by atoms with Crippen LogP contribution in [-0.4, -0.2) is 112 Å². The Morgan fingerprint density at radius 3 is 2.41 bits per heavy atom. The normalized spacial score (nSPS) is 20.9. The topological polar surface area (TPSA) is 82.0 Å². The molecular formula is C28H36N6O3. The van der Waals surface area contributed by atoms with Crippen LogP contribution in [0.25, 0.3) is 0 Å². The molecule has 2 aromatic carbocycles. The van der Waals surface area contributed by atoms with E-state index < -0.39 is 0 Å². The van der Waals surface area contributed by atoms with E-state index in [9.17, 15) is 4.79 Å². The summed E-state index contributed by atoms with van der Waals surface area (Å²) in [5, 5.41) is 3.26. The van der Waals surface area contributed by atoms with Crippen LogP contribution < -0.4 is 10.1 Å². The maximum Gasteiger partial charge on any atom is 0.254 e. The summed E-state index contributed by atoms with van der Waals surface area (Å²) in [5.74, 6) is 1.60. The van der Waals surface area contributed by atoms with Crippen LogP contribution in [0.5, 0.6) is 5.75 Å². The number of carbonyl (C=O) groups excluding carboxylic acids is 1. The van der Waals surface area contributed by atoms with Crippen molar-refractivity contribution in [3.8, 4) is 5.75 Å². The summed E-state index contributed by atoms with van der Waals surface area (Å²) in [4.78, 5) is 29.2. The molecule has 0 spiro atoms. The second kappa shape index (κ2) is 12.3. The number of amides is 1. The summed E-state index contributed by atoms with van der Waals surface area (Å²) in [6, 6.07) is 15.6. The van der Waals surface area contributed by atoms with Gasteiger partial charge in [0.2, 0.25) is 5.96 Å². The number of morpholine rings is 1. The van der Waals surface area contributed by atoms with Crippen LogP contribution in [0.2, 0.25) is 0 Å². The van der Waals surface area contributed by atoms with E-state index in [2.05, 4.69) is 25.1 Å². The highest BCUT2D eigenvalue weighted by Gasteiger charge is 2.23. The Balaban J connectivity index is 1.10. The van der Waals surface area contributed by atoms with Crippen molar-refractivity contribution < 1.29 is 14.3 Å². The van der Waals surface area contributed by atoms with Gasteiger partial charge in [-0.05, 0) is 35.9 Å². The second-order valence-corrected chi connectivity index (χ2v) is 9.62. The molecule has 2 fully saturated rings. The zero-order chi connectivity index (χ0) is 25.5. The first-order valence-electron chi connectivity index (χ1n) is 13.1. The third-order valence-corrected chi connectivity index (χ3v) is 7.22. The van der Waals surface area contributed by atoms with Crippen LogP contribution in [0.3, 0.4) is 0 Å². The first-order valence-corrected chi connectivity index (χ1v) is 13.1. The monoisotopic (exact) mass is 504 g/mol. The van der Waals surface area contributed by atoms with Crippen molar-refractivity contribution in [2.24, 2.45) is 9.98 Å². The summed E-state index contributed by atoms with van der Waals surface area (Å²) < 4.78 is 10.7. The van der Waals surface area contributed by atoms with Gasteiger partial charge >= 0.3 is 0 Å². The lowest BCUT2D eigenvalue weighted by atomic mass is 10.00. The van der Waals surface area contributed by atoms with E-state index in [1.165, 1.54) is 0 Å². The molecule has 0 bridgehead atoms. The Bertz CT molecular complexity index is 1110. The van der Waals surface area contributed by atoms with Crippen molar-refractivity contribution in [3.63, 3.8) is 0 Å². The number of hydrogen-bond donors (Lipinski definition) is 1. The SMILES string of the molecule is COc1ccc(C2C=NC(Nc3cccc(C(=O)N4CCN(CCN5CCOCC5)CC4)c3)=NC2)cc1. The molecule has 1 N–H and O–H groups in total. The summed E-state index contributed by atoms with van der Waals surface area (Å²) in [7, 11) is 1.66. The number of hydrogen-bond acceptors (Lipinski definition) is 8. The summed E-state index contributed by atoms with van der Waals surface area (Å²) in [6.45, 7) is 9.76. The molecule has 0 aliphatic carbocycles. The number of nitrogens with one attached hydrogen (secondary N) is 1. The number of anilines is 1. The minimum absolute atomic E-state index is 0.0742. The minimum atomic E-state index is 0.0742. The molecule has 5 rings (SSSR count). The Labute approximate surface area is 218 Å². The van der Waals surface area contributed by atoms with Crippen LogP contribution >= 0.6 is 0 Å². The maximum absolute atomic E-state index is 13.2. The molecule has 1 atom stereocenters. The van der Waals surface area contributed by atoms with Crippen molar-refractivity contribution in [1.82, 2.24) is 14.7 Å². The maximum atomic E-state index is 13.2. The molecule has 9 heteroatoms. The van der Waals surface area contributed by atoms with Gasteiger partial charge < -0.3 is 19.7 Å². The molecule has 0 radical (unpaired) electrons. The molecule has 0 saturated carbocycles. The highest BCUT2D eigenvalue weighted by Crippen LogP contribution is 2.21. The molecule has 2 aromatic rings. The van der Waals surface area contributed by atoms with Gasteiger partial charge in [0.1, 0.15) is 5.75 Å². The predicted molar refractivity (Wildman–Crippen MR) is 146 cm³/mol. The lowest BCUT2D eigenvalue weighted by Gasteiger charge is -2.36. The van der Waals surface area contributed by atoms with Crippen molar-refractivity contribution in [3.05, 3.63) is 59.7 Å².